The molecule has 2 N–H and O–H groups in total. The number of halogens is 2. The van der Waals surface area contributed by atoms with Crippen LogP contribution >= 0.6 is 11.3 Å². The highest BCUT2D eigenvalue weighted by molar-refractivity contribution is 7.13. The first-order valence-corrected chi connectivity index (χ1v) is 8.28. The number of carbonyl (C=O) groups excluding carboxylic acids is 1. The van der Waals surface area contributed by atoms with Crippen molar-refractivity contribution in [1.82, 2.24) is 15.3 Å². The van der Waals surface area contributed by atoms with E-state index in [-0.39, 0.29) is 29.5 Å². The van der Waals surface area contributed by atoms with Crippen LogP contribution in [0.15, 0.2) is 35.7 Å². The van der Waals surface area contributed by atoms with Crippen LogP contribution in [0.4, 0.5) is 8.78 Å². The maximum Gasteiger partial charge on any atom is 0.274 e. The summed E-state index contributed by atoms with van der Waals surface area (Å²) in [4.78, 5) is 21.2. The quantitative estimate of drug-likeness (QED) is 0.714. The van der Waals surface area contributed by atoms with Crippen molar-refractivity contribution in [3.8, 4) is 22.3 Å². The molecular weight excluding hydrogens is 364 g/mol. The van der Waals surface area contributed by atoms with Gasteiger partial charge in [0.15, 0.2) is 11.5 Å². The van der Waals surface area contributed by atoms with Gasteiger partial charge in [-0.1, -0.05) is 12.1 Å². The number of rotatable bonds is 5. The molecule has 0 saturated heterocycles. The molecule has 3 aromatic rings. The normalized spacial score (nSPS) is 10.6. The summed E-state index contributed by atoms with van der Waals surface area (Å²) in [5.41, 5.74) is -0.207. The van der Waals surface area contributed by atoms with Crippen molar-refractivity contribution in [2.45, 2.75) is 6.54 Å². The average Bonchev–Trinajstić information content (AvgIpc) is 3.15. The van der Waals surface area contributed by atoms with Crippen molar-refractivity contribution in [3.05, 3.63) is 58.6 Å². The maximum absolute atomic E-state index is 13.7. The number of nitrogens with zero attached hydrogens (tertiary/aromatic N) is 2. The van der Waals surface area contributed by atoms with E-state index in [9.17, 15) is 18.7 Å². The number of nitrogens with one attached hydrogen (secondary N) is 1. The van der Waals surface area contributed by atoms with Crippen molar-refractivity contribution in [2.75, 3.05) is 7.11 Å². The van der Waals surface area contributed by atoms with Crippen LogP contribution in [0.5, 0.6) is 11.6 Å². The fourth-order valence-electron chi connectivity index (χ4n) is 2.18. The minimum absolute atomic E-state index is 0.0961. The Morgan fingerprint density at radius 3 is 2.77 bits per heavy atom. The van der Waals surface area contributed by atoms with E-state index < -0.39 is 23.3 Å². The number of carbonyl (C=O) groups is 1. The van der Waals surface area contributed by atoms with Gasteiger partial charge in [-0.15, -0.1) is 11.3 Å². The molecule has 1 amide bonds. The van der Waals surface area contributed by atoms with Crippen LogP contribution < -0.4 is 10.1 Å². The van der Waals surface area contributed by atoms with E-state index in [0.717, 1.165) is 12.1 Å². The number of methoxy groups -OCH3 is 1. The molecule has 9 heteroatoms. The minimum atomic E-state index is -0.783. The fraction of sp³-hybridized carbons (Fsp3) is 0.118. The van der Waals surface area contributed by atoms with Crippen molar-refractivity contribution in [3.63, 3.8) is 0 Å². The summed E-state index contributed by atoms with van der Waals surface area (Å²) in [6, 6.07) is 6.58. The molecule has 0 bridgehead atoms. The lowest BCUT2D eigenvalue weighted by molar-refractivity contribution is 0.0941. The zero-order valence-corrected chi connectivity index (χ0v) is 14.3. The van der Waals surface area contributed by atoms with Gasteiger partial charge in [0.05, 0.1) is 12.0 Å². The predicted molar refractivity (Wildman–Crippen MR) is 91.1 cm³/mol. The molecule has 2 heterocycles. The number of ether oxygens (including phenoxy) is 1. The van der Waals surface area contributed by atoms with E-state index in [0.29, 0.717) is 4.88 Å². The van der Waals surface area contributed by atoms with E-state index in [2.05, 4.69) is 15.3 Å². The van der Waals surface area contributed by atoms with Crippen molar-refractivity contribution in [2.24, 2.45) is 0 Å². The molecule has 0 fully saturated rings. The van der Waals surface area contributed by atoms with Gasteiger partial charge >= 0.3 is 0 Å². The monoisotopic (exact) mass is 377 g/mol. The zero-order valence-electron chi connectivity index (χ0n) is 13.5. The Morgan fingerprint density at radius 1 is 1.31 bits per heavy atom. The fourth-order valence-corrected chi connectivity index (χ4v) is 2.83. The molecule has 0 atom stereocenters. The highest BCUT2D eigenvalue weighted by atomic mass is 32.1. The maximum atomic E-state index is 13.7. The SMILES string of the molecule is COc1nc(-c2cccs2)nc(C(=O)NCc2ccc(F)cc2F)c1O. The average molecular weight is 377 g/mol. The molecule has 1 aromatic carbocycles. The summed E-state index contributed by atoms with van der Waals surface area (Å²) in [5, 5.41) is 14.4. The Hall–Kier alpha value is -3.07. The summed E-state index contributed by atoms with van der Waals surface area (Å²) in [7, 11) is 1.30. The molecule has 0 unspecified atom stereocenters. The first-order valence-electron chi connectivity index (χ1n) is 7.40. The third-order valence-electron chi connectivity index (χ3n) is 3.46. The van der Waals surface area contributed by atoms with Gasteiger partial charge in [-0.25, -0.2) is 13.8 Å². The molecular formula is C17H13F2N3O3S. The highest BCUT2D eigenvalue weighted by Gasteiger charge is 2.21. The first kappa shape index (κ1) is 17.7. The van der Waals surface area contributed by atoms with Crippen molar-refractivity contribution in [1.29, 1.82) is 0 Å². The molecule has 0 spiro atoms. The van der Waals surface area contributed by atoms with Gasteiger partial charge in [-0.3, -0.25) is 4.79 Å². The molecule has 3 rings (SSSR count). The lowest BCUT2D eigenvalue weighted by Crippen LogP contribution is -2.25. The van der Waals surface area contributed by atoms with Crippen LogP contribution in [0.25, 0.3) is 10.7 Å². The minimum Gasteiger partial charge on any atom is -0.501 e. The number of aromatic nitrogens is 2. The summed E-state index contributed by atoms with van der Waals surface area (Å²) in [5.74, 6) is -2.70. The van der Waals surface area contributed by atoms with Crippen molar-refractivity contribution < 1.29 is 23.4 Å². The molecule has 134 valence electrons. The third kappa shape index (κ3) is 3.62. The summed E-state index contributed by atoms with van der Waals surface area (Å²) in [6.07, 6.45) is 0. The zero-order chi connectivity index (χ0) is 18.7. The molecule has 2 aromatic heterocycles. The molecule has 0 saturated carbocycles. The Morgan fingerprint density at radius 2 is 2.12 bits per heavy atom. The molecule has 0 radical (unpaired) electrons. The van der Waals surface area contributed by atoms with Gasteiger partial charge in [-0.05, 0) is 17.5 Å². The van der Waals surface area contributed by atoms with Gasteiger partial charge in [0, 0.05) is 18.2 Å². The summed E-state index contributed by atoms with van der Waals surface area (Å²) in [6.45, 7) is -0.203. The van der Waals surface area contributed by atoms with E-state index in [1.165, 1.54) is 24.5 Å². The van der Waals surface area contributed by atoms with Crippen molar-refractivity contribution >= 4 is 17.2 Å². The van der Waals surface area contributed by atoms with Crippen LogP contribution in [0.3, 0.4) is 0 Å². The number of benzene rings is 1. The van der Waals surface area contributed by atoms with E-state index in [4.69, 9.17) is 4.74 Å². The van der Waals surface area contributed by atoms with Crippen LogP contribution in [0, 0.1) is 11.6 Å². The lowest BCUT2D eigenvalue weighted by atomic mass is 10.2. The van der Waals surface area contributed by atoms with Gasteiger partial charge < -0.3 is 15.2 Å². The van der Waals surface area contributed by atoms with E-state index in [1.807, 2.05) is 5.38 Å². The van der Waals surface area contributed by atoms with Gasteiger partial charge in [0.1, 0.15) is 11.6 Å². The second-order valence-electron chi connectivity index (χ2n) is 5.15. The topological polar surface area (TPSA) is 84.3 Å². The van der Waals surface area contributed by atoms with Crippen LogP contribution in [-0.2, 0) is 6.54 Å². The number of thiophene rings is 1. The smallest absolute Gasteiger partial charge is 0.274 e. The third-order valence-corrected chi connectivity index (χ3v) is 4.32. The molecule has 0 aliphatic carbocycles. The van der Waals surface area contributed by atoms with E-state index >= 15 is 0 Å². The molecule has 0 aliphatic rings. The standard InChI is InChI=1S/C17H13F2N3O3S/c1-25-17-14(23)13(21-15(22-17)12-3-2-6-26-12)16(24)20-8-9-4-5-10(18)7-11(9)19/h2-7,23H,8H2,1H3,(H,20,24). The van der Waals surface area contributed by atoms with Gasteiger partial charge in [0.2, 0.25) is 5.75 Å². The second kappa shape index (κ2) is 7.44. The van der Waals surface area contributed by atoms with Crippen LogP contribution in [0.2, 0.25) is 0 Å². The van der Waals surface area contributed by atoms with Crippen LogP contribution in [0.1, 0.15) is 16.1 Å². The summed E-state index contributed by atoms with van der Waals surface area (Å²) >= 11 is 1.36. The first-order chi connectivity index (χ1) is 12.5. The molecule has 26 heavy (non-hydrogen) atoms. The van der Waals surface area contributed by atoms with Gasteiger partial charge in [-0.2, -0.15) is 4.98 Å². The second-order valence-corrected chi connectivity index (χ2v) is 6.10. The Bertz CT molecular complexity index is 949. The number of hydrogen-bond acceptors (Lipinski definition) is 6. The van der Waals surface area contributed by atoms with E-state index in [1.54, 1.807) is 12.1 Å². The molecule has 6 nitrogen and oxygen atoms in total. The highest BCUT2D eigenvalue weighted by Crippen LogP contribution is 2.31. The largest absolute Gasteiger partial charge is 0.501 e. The van der Waals surface area contributed by atoms with Gasteiger partial charge in [0.25, 0.3) is 11.8 Å². The lowest BCUT2D eigenvalue weighted by Gasteiger charge is -2.10. The Balaban J connectivity index is 1.87. The Labute approximate surface area is 151 Å². The number of amides is 1. The van der Waals surface area contributed by atoms with Crippen LogP contribution in [-0.4, -0.2) is 28.1 Å². The predicted octanol–water partition coefficient (Wildman–Crippen LogP) is 3.13. The number of hydrogen-bond donors (Lipinski definition) is 2. The summed E-state index contributed by atoms with van der Waals surface area (Å²) < 4.78 is 31.6. The Kier molecular flexibility index (Phi) is 5.08. The number of aromatic hydroxyl groups is 1. The molecule has 0 aliphatic heterocycles.